The monoisotopic (exact) mass is 349 g/mol. The van der Waals surface area contributed by atoms with Crippen LogP contribution in [0.3, 0.4) is 0 Å². The largest absolute Gasteiger partial charge is 0.496 e. The fourth-order valence-corrected chi connectivity index (χ4v) is 2.71. The number of carboxylic acid groups (broad SMARTS) is 1. The zero-order valence-corrected chi connectivity index (χ0v) is 14.2. The van der Waals surface area contributed by atoms with E-state index in [1.54, 1.807) is 34.1 Å². The highest BCUT2D eigenvalue weighted by Crippen LogP contribution is 2.20. The lowest BCUT2D eigenvalue weighted by Gasteiger charge is -2.35. The Balaban J connectivity index is 1.87. The summed E-state index contributed by atoms with van der Waals surface area (Å²) in [6.07, 6.45) is 0.197. The molecule has 0 radical (unpaired) electrons. The summed E-state index contributed by atoms with van der Waals surface area (Å²) < 4.78 is 5.22. The van der Waals surface area contributed by atoms with Crippen LogP contribution in [0.4, 0.5) is 0 Å². The molecule has 2 rings (SSSR count). The lowest BCUT2D eigenvalue weighted by atomic mass is 10.1. The quantitative estimate of drug-likeness (QED) is 0.757. The molecule has 1 heterocycles. The van der Waals surface area contributed by atoms with Crippen LogP contribution in [-0.2, 0) is 9.59 Å². The maximum absolute atomic E-state index is 12.6. The standard InChI is InChI=1S/C17H23N3O5/c1-25-14-5-3-2-4-12(14)16(22)20-10-8-19(9-11-20)15(21)7-6-13(18)17(23)24/h2-5,13H,6-11,18H2,1H3,(H,23,24)/t13-/m0/s1. The Bertz CT molecular complexity index is 641. The number of methoxy groups -OCH3 is 1. The van der Waals surface area contributed by atoms with E-state index in [1.165, 1.54) is 7.11 Å². The van der Waals surface area contributed by atoms with E-state index in [4.69, 9.17) is 15.6 Å². The van der Waals surface area contributed by atoms with Crippen LogP contribution in [0.2, 0.25) is 0 Å². The van der Waals surface area contributed by atoms with Crippen molar-refractivity contribution < 1.29 is 24.2 Å². The number of hydrogen-bond donors (Lipinski definition) is 2. The lowest BCUT2D eigenvalue weighted by molar-refractivity contribution is -0.139. The number of nitrogens with two attached hydrogens (primary N) is 1. The molecule has 0 aromatic heterocycles. The van der Waals surface area contributed by atoms with E-state index in [0.29, 0.717) is 37.5 Å². The molecule has 0 bridgehead atoms. The third-order valence-electron chi connectivity index (χ3n) is 4.24. The molecule has 1 fully saturated rings. The number of carboxylic acids is 1. The van der Waals surface area contributed by atoms with Gasteiger partial charge in [0.2, 0.25) is 5.91 Å². The molecule has 1 aliphatic heterocycles. The Kier molecular flexibility index (Phi) is 6.35. The molecule has 1 atom stereocenters. The first-order valence-electron chi connectivity index (χ1n) is 8.12. The minimum atomic E-state index is -1.11. The van der Waals surface area contributed by atoms with Gasteiger partial charge in [-0.2, -0.15) is 0 Å². The Morgan fingerprint density at radius 3 is 2.36 bits per heavy atom. The van der Waals surface area contributed by atoms with Crippen molar-refractivity contribution in [1.29, 1.82) is 0 Å². The van der Waals surface area contributed by atoms with Gasteiger partial charge in [0.15, 0.2) is 0 Å². The highest BCUT2D eigenvalue weighted by molar-refractivity contribution is 5.97. The fourth-order valence-electron chi connectivity index (χ4n) is 2.71. The normalized spacial score (nSPS) is 15.6. The average Bonchev–Trinajstić information content (AvgIpc) is 2.65. The van der Waals surface area contributed by atoms with Crippen molar-refractivity contribution in [3.8, 4) is 5.75 Å². The Hall–Kier alpha value is -2.61. The molecule has 1 saturated heterocycles. The first-order chi connectivity index (χ1) is 11.9. The van der Waals surface area contributed by atoms with E-state index in [9.17, 15) is 14.4 Å². The Morgan fingerprint density at radius 2 is 1.76 bits per heavy atom. The van der Waals surface area contributed by atoms with Crippen molar-refractivity contribution in [3.63, 3.8) is 0 Å². The van der Waals surface area contributed by atoms with Gasteiger partial charge in [0.25, 0.3) is 5.91 Å². The molecule has 2 amide bonds. The summed E-state index contributed by atoms with van der Waals surface area (Å²) in [5, 5.41) is 8.75. The van der Waals surface area contributed by atoms with Gasteiger partial charge in [0, 0.05) is 32.6 Å². The van der Waals surface area contributed by atoms with Gasteiger partial charge in [0.05, 0.1) is 12.7 Å². The smallest absolute Gasteiger partial charge is 0.320 e. The number of benzene rings is 1. The van der Waals surface area contributed by atoms with Crippen molar-refractivity contribution in [3.05, 3.63) is 29.8 Å². The number of nitrogens with zero attached hydrogens (tertiary/aromatic N) is 2. The van der Waals surface area contributed by atoms with Gasteiger partial charge >= 0.3 is 5.97 Å². The van der Waals surface area contributed by atoms with E-state index < -0.39 is 12.0 Å². The van der Waals surface area contributed by atoms with E-state index in [1.807, 2.05) is 0 Å². The molecule has 3 N–H and O–H groups in total. The summed E-state index contributed by atoms with van der Waals surface area (Å²) in [7, 11) is 1.52. The van der Waals surface area contributed by atoms with Crippen LogP contribution in [0.15, 0.2) is 24.3 Å². The van der Waals surface area contributed by atoms with Crippen molar-refractivity contribution in [2.45, 2.75) is 18.9 Å². The predicted molar refractivity (Wildman–Crippen MR) is 90.3 cm³/mol. The average molecular weight is 349 g/mol. The molecule has 1 aliphatic rings. The van der Waals surface area contributed by atoms with E-state index in [0.717, 1.165) is 0 Å². The number of ether oxygens (including phenoxy) is 1. The zero-order chi connectivity index (χ0) is 18.4. The van der Waals surface area contributed by atoms with Crippen molar-refractivity contribution in [1.82, 2.24) is 9.80 Å². The highest BCUT2D eigenvalue weighted by atomic mass is 16.5. The van der Waals surface area contributed by atoms with Crippen LogP contribution in [-0.4, -0.2) is 72.0 Å². The molecule has 1 aromatic carbocycles. The summed E-state index contributed by atoms with van der Waals surface area (Å²) in [5.74, 6) is -0.854. The van der Waals surface area contributed by atoms with Gasteiger partial charge in [0.1, 0.15) is 11.8 Å². The number of rotatable bonds is 6. The molecular weight excluding hydrogens is 326 g/mol. The van der Waals surface area contributed by atoms with Crippen molar-refractivity contribution in [2.75, 3.05) is 33.3 Å². The maximum atomic E-state index is 12.6. The van der Waals surface area contributed by atoms with Gasteiger partial charge in [-0.25, -0.2) is 0 Å². The Labute approximate surface area is 146 Å². The third kappa shape index (κ3) is 4.69. The molecule has 136 valence electrons. The molecular formula is C17H23N3O5. The first-order valence-corrected chi connectivity index (χ1v) is 8.12. The second kappa shape index (κ2) is 8.48. The second-order valence-corrected chi connectivity index (χ2v) is 5.86. The number of carbonyl (C=O) groups is 3. The van der Waals surface area contributed by atoms with Crippen molar-refractivity contribution >= 4 is 17.8 Å². The Morgan fingerprint density at radius 1 is 1.16 bits per heavy atom. The minimum absolute atomic E-state index is 0.0912. The molecule has 0 unspecified atom stereocenters. The molecule has 8 nitrogen and oxygen atoms in total. The minimum Gasteiger partial charge on any atom is -0.496 e. The van der Waals surface area contributed by atoms with Crippen LogP contribution in [0, 0.1) is 0 Å². The number of hydrogen-bond acceptors (Lipinski definition) is 5. The topological polar surface area (TPSA) is 113 Å². The van der Waals surface area contributed by atoms with E-state index in [-0.39, 0.29) is 24.7 Å². The molecule has 0 aliphatic carbocycles. The number of piperazine rings is 1. The fraction of sp³-hybridized carbons (Fsp3) is 0.471. The highest BCUT2D eigenvalue weighted by Gasteiger charge is 2.26. The molecule has 0 spiro atoms. The second-order valence-electron chi connectivity index (χ2n) is 5.86. The number of aliphatic carboxylic acids is 1. The number of carbonyl (C=O) groups excluding carboxylic acids is 2. The van der Waals surface area contributed by atoms with Crippen molar-refractivity contribution in [2.24, 2.45) is 5.73 Å². The van der Waals surface area contributed by atoms with Gasteiger partial charge in [-0.3, -0.25) is 14.4 Å². The summed E-state index contributed by atoms with van der Waals surface area (Å²) in [6.45, 7) is 1.69. The van der Waals surface area contributed by atoms with Gasteiger partial charge in [-0.1, -0.05) is 12.1 Å². The van der Waals surface area contributed by atoms with Crippen LogP contribution in [0.1, 0.15) is 23.2 Å². The molecule has 0 saturated carbocycles. The maximum Gasteiger partial charge on any atom is 0.320 e. The summed E-state index contributed by atoms with van der Waals surface area (Å²) >= 11 is 0. The van der Waals surface area contributed by atoms with Gasteiger partial charge in [-0.05, 0) is 18.6 Å². The van der Waals surface area contributed by atoms with Crippen LogP contribution < -0.4 is 10.5 Å². The molecule has 8 heteroatoms. The summed E-state index contributed by atoms with van der Waals surface area (Å²) in [4.78, 5) is 38.7. The van der Waals surface area contributed by atoms with E-state index in [2.05, 4.69) is 0 Å². The van der Waals surface area contributed by atoms with Crippen LogP contribution in [0.5, 0.6) is 5.75 Å². The molecule has 1 aromatic rings. The van der Waals surface area contributed by atoms with Crippen LogP contribution in [0.25, 0.3) is 0 Å². The number of amides is 2. The van der Waals surface area contributed by atoms with E-state index >= 15 is 0 Å². The SMILES string of the molecule is COc1ccccc1C(=O)N1CCN(C(=O)CC[C@H](N)C(=O)O)CC1. The zero-order valence-electron chi connectivity index (χ0n) is 14.2. The number of para-hydroxylation sites is 1. The van der Waals surface area contributed by atoms with Crippen LogP contribution >= 0.6 is 0 Å². The molecule has 25 heavy (non-hydrogen) atoms. The third-order valence-corrected chi connectivity index (χ3v) is 4.24. The predicted octanol–water partition coefficient (Wildman–Crippen LogP) is 0.172. The summed E-state index contributed by atoms with van der Waals surface area (Å²) in [5.41, 5.74) is 5.91. The van der Waals surface area contributed by atoms with Gasteiger partial charge in [-0.15, -0.1) is 0 Å². The first kappa shape index (κ1) is 18.7. The lowest BCUT2D eigenvalue weighted by Crippen LogP contribution is -2.50. The summed E-state index contributed by atoms with van der Waals surface area (Å²) in [6, 6.07) is 6.00. The van der Waals surface area contributed by atoms with Gasteiger partial charge < -0.3 is 25.4 Å².